The van der Waals surface area contributed by atoms with Gasteiger partial charge in [-0.1, -0.05) is 36.4 Å². The molecule has 6 heteroatoms. The van der Waals surface area contributed by atoms with Crippen LogP contribution < -0.4 is 10.9 Å². The standard InChI is InChI=1S/C20H18FN3O2/c1-24-11-16(13-7-3-5-9-18(13)24)20(26)23-22-19(25)15-10-14(15)12-6-2-4-8-17(12)21/h2-9,11,14-15H,10H2,1H3,(H,22,25)(H,23,26)/t14-,15-/m1/s1. The lowest BCUT2D eigenvalue weighted by Gasteiger charge is -2.07. The number of halogens is 1. The molecule has 4 rings (SSSR count). The van der Waals surface area contributed by atoms with Crippen LogP contribution in [-0.4, -0.2) is 16.4 Å². The van der Waals surface area contributed by atoms with Crippen LogP contribution in [0.2, 0.25) is 0 Å². The molecule has 2 atom stereocenters. The molecule has 0 bridgehead atoms. The van der Waals surface area contributed by atoms with E-state index < -0.39 is 0 Å². The molecule has 0 unspecified atom stereocenters. The Labute approximate surface area is 149 Å². The summed E-state index contributed by atoms with van der Waals surface area (Å²) in [6.07, 6.45) is 2.31. The molecule has 26 heavy (non-hydrogen) atoms. The second kappa shape index (κ2) is 6.29. The Hall–Kier alpha value is -3.15. The second-order valence-electron chi connectivity index (χ2n) is 6.58. The summed E-state index contributed by atoms with van der Waals surface area (Å²) in [5.41, 5.74) is 6.91. The second-order valence-corrected chi connectivity index (χ2v) is 6.58. The minimum absolute atomic E-state index is 0.134. The quantitative estimate of drug-likeness (QED) is 0.713. The summed E-state index contributed by atoms with van der Waals surface area (Å²) in [5.74, 6) is -1.43. The summed E-state index contributed by atoms with van der Waals surface area (Å²) < 4.78 is 15.7. The highest BCUT2D eigenvalue weighted by molar-refractivity contribution is 6.07. The van der Waals surface area contributed by atoms with E-state index in [0.717, 1.165) is 10.9 Å². The van der Waals surface area contributed by atoms with Crippen molar-refractivity contribution in [2.45, 2.75) is 12.3 Å². The van der Waals surface area contributed by atoms with Crippen LogP contribution in [0, 0.1) is 11.7 Å². The molecular weight excluding hydrogens is 333 g/mol. The molecule has 0 radical (unpaired) electrons. The normalized spacial score (nSPS) is 18.5. The minimum atomic E-state index is -0.377. The number of nitrogens with zero attached hydrogens (tertiary/aromatic N) is 1. The van der Waals surface area contributed by atoms with E-state index in [1.165, 1.54) is 6.07 Å². The van der Waals surface area contributed by atoms with Crippen LogP contribution in [0.5, 0.6) is 0 Å². The number of carbonyl (C=O) groups excluding carboxylic acids is 2. The smallest absolute Gasteiger partial charge is 0.271 e. The van der Waals surface area contributed by atoms with Gasteiger partial charge >= 0.3 is 0 Å². The first-order chi connectivity index (χ1) is 12.6. The van der Waals surface area contributed by atoms with Crippen molar-refractivity contribution in [2.24, 2.45) is 13.0 Å². The van der Waals surface area contributed by atoms with Gasteiger partial charge in [-0.3, -0.25) is 20.4 Å². The van der Waals surface area contributed by atoms with Crippen LogP contribution in [0.15, 0.2) is 54.7 Å². The van der Waals surface area contributed by atoms with Gasteiger partial charge in [-0.25, -0.2) is 4.39 Å². The molecule has 1 fully saturated rings. The van der Waals surface area contributed by atoms with E-state index in [1.807, 2.05) is 35.9 Å². The molecular formula is C20H18FN3O2. The lowest BCUT2D eigenvalue weighted by atomic mass is 10.1. The molecule has 2 amide bonds. The highest BCUT2D eigenvalue weighted by Crippen LogP contribution is 2.48. The Morgan fingerprint density at radius 1 is 1.08 bits per heavy atom. The first-order valence-electron chi connectivity index (χ1n) is 8.45. The molecule has 0 saturated heterocycles. The van der Waals surface area contributed by atoms with E-state index >= 15 is 0 Å². The molecule has 5 nitrogen and oxygen atoms in total. The summed E-state index contributed by atoms with van der Waals surface area (Å²) in [6, 6.07) is 14.0. The number of hydrogen-bond acceptors (Lipinski definition) is 2. The highest BCUT2D eigenvalue weighted by Gasteiger charge is 2.45. The Bertz CT molecular complexity index is 1010. The van der Waals surface area contributed by atoms with Crippen LogP contribution in [0.1, 0.15) is 28.3 Å². The Balaban J connectivity index is 1.41. The largest absolute Gasteiger partial charge is 0.350 e. The van der Waals surface area contributed by atoms with Crippen molar-refractivity contribution in [2.75, 3.05) is 0 Å². The number of hydrazine groups is 1. The summed E-state index contributed by atoms with van der Waals surface area (Å²) in [7, 11) is 1.86. The number of hydrogen-bond donors (Lipinski definition) is 2. The van der Waals surface area contributed by atoms with E-state index in [0.29, 0.717) is 17.5 Å². The van der Waals surface area contributed by atoms with Crippen LogP contribution in [0.4, 0.5) is 4.39 Å². The topological polar surface area (TPSA) is 63.1 Å². The molecule has 3 aromatic rings. The van der Waals surface area contributed by atoms with Crippen LogP contribution >= 0.6 is 0 Å². The summed E-state index contributed by atoms with van der Waals surface area (Å²) in [5, 5.41) is 0.817. The van der Waals surface area contributed by atoms with E-state index in [9.17, 15) is 14.0 Å². The number of para-hydroxylation sites is 1. The van der Waals surface area contributed by atoms with Crippen molar-refractivity contribution in [1.29, 1.82) is 0 Å². The molecule has 2 aromatic carbocycles. The lowest BCUT2D eigenvalue weighted by Crippen LogP contribution is -2.42. The van der Waals surface area contributed by atoms with E-state index in [4.69, 9.17) is 0 Å². The van der Waals surface area contributed by atoms with Crippen LogP contribution in [-0.2, 0) is 11.8 Å². The molecule has 1 saturated carbocycles. The van der Waals surface area contributed by atoms with Gasteiger partial charge in [0.2, 0.25) is 5.91 Å². The summed E-state index contributed by atoms with van der Waals surface area (Å²) >= 11 is 0. The monoisotopic (exact) mass is 351 g/mol. The fourth-order valence-electron chi connectivity index (χ4n) is 3.41. The maximum Gasteiger partial charge on any atom is 0.271 e. The third kappa shape index (κ3) is 2.83. The Morgan fingerprint density at radius 3 is 2.62 bits per heavy atom. The number of rotatable bonds is 3. The van der Waals surface area contributed by atoms with Gasteiger partial charge in [0.1, 0.15) is 5.82 Å². The van der Waals surface area contributed by atoms with Crippen molar-refractivity contribution in [3.05, 3.63) is 71.7 Å². The van der Waals surface area contributed by atoms with Gasteiger partial charge in [-0.05, 0) is 30.0 Å². The van der Waals surface area contributed by atoms with E-state index in [1.54, 1.807) is 24.4 Å². The van der Waals surface area contributed by atoms with Gasteiger partial charge in [0, 0.05) is 30.1 Å². The highest BCUT2D eigenvalue weighted by atomic mass is 19.1. The predicted octanol–water partition coefficient (Wildman–Crippen LogP) is 2.88. The molecule has 0 spiro atoms. The van der Waals surface area contributed by atoms with Gasteiger partial charge in [0.25, 0.3) is 5.91 Å². The van der Waals surface area contributed by atoms with Gasteiger partial charge in [0.15, 0.2) is 0 Å². The van der Waals surface area contributed by atoms with Gasteiger partial charge < -0.3 is 4.57 Å². The average Bonchev–Trinajstić information content (AvgIpc) is 3.38. The maximum absolute atomic E-state index is 13.8. The lowest BCUT2D eigenvalue weighted by molar-refractivity contribution is -0.123. The number of amides is 2. The first kappa shape index (κ1) is 16.3. The SMILES string of the molecule is Cn1cc(C(=O)NNC(=O)[C@@H]2C[C@@H]2c2ccccc2F)c2ccccc21. The van der Waals surface area contributed by atoms with Crippen LogP contribution in [0.25, 0.3) is 10.9 Å². The zero-order valence-electron chi connectivity index (χ0n) is 14.2. The number of benzene rings is 2. The fourth-order valence-corrected chi connectivity index (χ4v) is 3.41. The molecule has 1 aliphatic carbocycles. The maximum atomic E-state index is 13.8. The van der Waals surface area contributed by atoms with Crippen molar-refractivity contribution in [3.63, 3.8) is 0 Å². The third-order valence-corrected chi connectivity index (χ3v) is 4.87. The summed E-state index contributed by atoms with van der Waals surface area (Å²) in [6.45, 7) is 0. The predicted molar refractivity (Wildman–Crippen MR) is 95.8 cm³/mol. The van der Waals surface area contributed by atoms with Gasteiger partial charge in [-0.15, -0.1) is 0 Å². The fraction of sp³-hybridized carbons (Fsp3) is 0.200. The number of carbonyl (C=O) groups is 2. The van der Waals surface area contributed by atoms with Gasteiger partial charge in [-0.2, -0.15) is 0 Å². The zero-order valence-corrected chi connectivity index (χ0v) is 14.2. The molecule has 1 aliphatic rings. The van der Waals surface area contributed by atoms with E-state index in [2.05, 4.69) is 10.9 Å². The van der Waals surface area contributed by atoms with E-state index in [-0.39, 0.29) is 29.5 Å². The van der Waals surface area contributed by atoms with Crippen molar-refractivity contribution < 1.29 is 14.0 Å². The number of nitrogens with one attached hydrogen (secondary N) is 2. The minimum Gasteiger partial charge on any atom is -0.350 e. The average molecular weight is 351 g/mol. The first-order valence-corrected chi connectivity index (χ1v) is 8.45. The molecule has 0 aliphatic heterocycles. The van der Waals surface area contributed by atoms with Crippen molar-refractivity contribution in [3.8, 4) is 0 Å². The Kier molecular flexibility index (Phi) is 3.95. The number of aromatic nitrogens is 1. The zero-order chi connectivity index (χ0) is 18.3. The Morgan fingerprint density at radius 2 is 1.81 bits per heavy atom. The van der Waals surface area contributed by atoms with Gasteiger partial charge in [0.05, 0.1) is 5.56 Å². The molecule has 132 valence electrons. The number of aryl methyl sites for hydroxylation is 1. The third-order valence-electron chi connectivity index (χ3n) is 4.87. The molecule has 2 N–H and O–H groups in total. The number of fused-ring (bicyclic) bond motifs is 1. The van der Waals surface area contributed by atoms with Crippen molar-refractivity contribution >= 4 is 22.7 Å². The van der Waals surface area contributed by atoms with Crippen LogP contribution in [0.3, 0.4) is 0 Å². The summed E-state index contributed by atoms with van der Waals surface area (Å²) in [4.78, 5) is 24.7. The molecule has 1 heterocycles. The molecule has 1 aromatic heterocycles. The van der Waals surface area contributed by atoms with Crippen molar-refractivity contribution in [1.82, 2.24) is 15.4 Å².